The molecule has 1 N–H and O–H groups in total. The molecule has 0 aliphatic heterocycles. The maximum atomic E-state index is 4.27. The lowest BCUT2D eigenvalue weighted by Gasteiger charge is -2.11. The van der Waals surface area contributed by atoms with Crippen molar-refractivity contribution in [1.29, 1.82) is 0 Å². The van der Waals surface area contributed by atoms with Crippen LogP contribution < -0.4 is 5.32 Å². The lowest BCUT2D eigenvalue weighted by Crippen LogP contribution is -2.13. The minimum Gasteiger partial charge on any atom is -0.370 e. The van der Waals surface area contributed by atoms with Gasteiger partial charge >= 0.3 is 0 Å². The number of nitrogens with one attached hydrogen (secondary N) is 1. The molecule has 0 amide bonds. The third kappa shape index (κ3) is 2.71. The van der Waals surface area contributed by atoms with Crippen LogP contribution in [-0.2, 0) is 0 Å². The van der Waals surface area contributed by atoms with Crippen LogP contribution in [0, 0.1) is 11.8 Å². The molecule has 0 bridgehead atoms. The SMILES string of the molecule is CC(CNc1ccc(Br)cn1)C1CC1. The summed E-state index contributed by atoms with van der Waals surface area (Å²) in [7, 11) is 0. The van der Waals surface area contributed by atoms with Gasteiger partial charge in [-0.25, -0.2) is 4.98 Å². The number of anilines is 1. The van der Waals surface area contributed by atoms with E-state index in [4.69, 9.17) is 0 Å². The summed E-state index contributed by atoms with van der Waals surface area (Å²) < 4.78 is 1.03. The maximum absolute atomic E-state index is 4.27. The molecule has 76 valence electrons. The van der Waals surface area contributed by atoms with Gasteiger partial charge in [0, 0.05) is 17.2 Å². The van der Waals surface area contributed by atoms with Crippen molar-refractivity contribution in [3.05, 3.63) is 22.8 Å². The second kappa shape index (κ2) is 4.30. The van der Waals surface area contributed by atoms with Crippen molar-refractivity contribution in [2.24, 2.45) is 11.8 Å². The fourth-order valence-electron chi connectivity index (χ4n) is 1.58. The van der Waals surface area contributed by atoms with Crippen molar-refractivity contribution in [2.45, 2.75) is 19.8 Å². The van der Waals surface area contributed by atoms with Gasteiger partial charge in [0.1, 0.15) is 5.82 Å². The van der Waals surface area contributed by atoms with Crippen LogP contribution in [0.25, 0.3) is 0 Å². The summed E-state index contributed by atoms with van der Waals surface area (Å²) in [6, 6.07) is 4.01. The van der Waals surface area contributed by atoms with Crippen LogP contribution in [0.2, 0.25) is 0 Å². The molecule has 1 aliphatic rings. The average molecular weight is 255 g/mol. The average Bonchev–Trinajstić information content (AvgIpc) is 3.00. The molecule has 1 fully saturated rings. The quantitative estimate of drug-likeness (QED) is 0.892. The van der Waals surface area contributed by atoms with Gasteiger partial charge in [0.15, 0.2) is 0 Å². The Balaban J connectivity index is 1.82. The highest BCUT2D eigenvalue weighted by atomic mass is 79.9. The van der Waals surface area contributed by atoms with E-state index < -0.39 is 0 Å². The van der Waals surface area contributed by atoms with Gasteiger partial charge in [-0.15, -0.1) is 0 Å². The molecule has 0 aromatic carbocycles. The Morgan fingerprint density at radius 1 is 1.57 bits per heavy atom. The molecule has 1 aromatic rings. The first-order valence-electron chi connectivity index (χ1n) is 5.11. The first-order valence-corrected chi connectivity index (χ1v) is 5.90. The monoisotopic (exact) mass is 254 g/mol. The zero-order valence-corrected chi connectivity index (χ0v) is 9.92. The molecule has 0 saturated heterocycles. The van der Waals surface area contributed by atoms with Gasteiger partial charge in [0.2, 0.25) is 0 Å². The minimum atomic E-state index is 0.778. The van der Waals surface area contributed by atoms with E-state index in [1.54, 1.807) is 0 Å². The zero-order valence-electron chi connectivity index (χ0n) is 8.33. The van der Waals surface area contributed by atoms with E-state index in [1.807, 2.05) is 18.3 Å². The molecule has 1 saturated carbocycles. The summed E-state index contributed by atoms with van der Waals surface area (Å²) in [5.41, 5.74) is 0. The molecule has 1 heterocycles. The van der Waals surface area contributed by atoms with Crippen LogP contribution in [0.1, 0.15) is 19.8 Å². The van der Waals surface area contributed by atoms with Crippen LogP contribution in [0.4, 0.5) is 5.82 Å². The van der Waals surface area contributed by atoms with Crippen molar-refractivity contribution in [3.63, 3.8) is 0 Å². The molecule has 14 heavy (non-hydrogen) atoms. The molecule has 1 aliphatic carbocycles. The summed E-state index contributed by atoms with van der Waals surface area (Å²) in [4.78, 5) is 4.27. The Morgan fingerprint density at radius 3 is 2.93 bits per heavy atom. The topological polar surface area (TPSA) is 24.9 Å². The lowest BCUT2D eigenvalue weighted by molar-refractivity contribution is 0.536. The first kappa shape index (κ1) is 9.97. The first-order chi connectivity index (χ1) is 6.75. The highest BCUT2D eigenvalue weighted by molar-refractivity contribution is 9.10. The normalized spacial score (nSPS) is 17.9. The van der Waals surface area contributed by atoms with Crippen molar-refractivity contribution in [2.75, 3.05) is 11.9 Å². The smallest absolute Gasteiger partial charge is 0.125 e. The summed E-state index contributed by atoms with van der Waals surface area (Å²) in [5.74, 6) is 2.71. The second-order valence-electron chi connectivity index (χ2n) is 4.06. The number of pyridine rings is 1. The van der Waals surface area contributed by atoms with Crippen molar-refractivity contribution >= 4 is 21.7 Å². The number of nitrogens with zero attached hydrogens (tertiary/aromatic N) is 1. The molecule has 2 rings (SSSR count). The Hall–Kier alpha value is -0.570. The number of aromatic nitrogens is 1. The summed E-state index contributed by atoms with van der Waals surface area (Å²) in [6.07, 6.45) is 4.65. The van der Waals surface area contributed by atoms with E-state index >= 15 is 0 Å². The van der Waals surface area contributed by atoms with E-state index in [1.165, 1.54) is 12.8 Å². The van der Waals surface area contributed by atoms with E-state index in [0.29, 0.717) is 0 Å². The van der Waals surface area contributed by atoms with Gasteiger partial charge in [-0.2, -0.15) is 0 Å². The summed E-state index contributed by atoms with van der Waals surface area (Å²) >= 11 is 3.37. The third-order valence-electron chi connectivity index (χ3n) is 2.76. The van der Waals surface area contributed by atoms with Crippen molar-refractivity contribution in [1.82, 2.24) is 4.98 Å². The molecule has 3 heteroatoms. The molecular weight excluding hydrogens is 240 g/mol. The molecule has 2 nitrogen and oxygen atoms in total. The molecule has 0 radical (unpaired) electrons. The molecule has 1 atom stereocenters. The van der Waals surface area contributed by atoms with Crippen molar-refractivity contribution < 1.29 is 0 Å². The fraction of sp³-hybridized carbons (Fsp3) is 0.545. The largest absolute Gasteiger partial charge is 0.370 e. The Morgan fingerprint density at radius 2 is 2.36 bits per heavy atom. The van der Waals surface area contributed by atoms with Crippen LogP contribution in [-0.4, -0.2) is 11.5 Å². The summed E-state index contributed by atoms with van der Waals surface area (Å²) in [5, 5.41) is 3.36. The number of hydrogen-bond acceptors (Lipinski definition) is 2. The van der Waals surface area contributed by atoms with Crippen LogP contribution in [0.3, 0.4) is 0 Å². The van der Waals surface area contributed by atoms with E-state index in [9.17, 15) is 0 Å². The van der Waals surface area contributed by atoms with Gasteiger partial charge < -0.3 is 5.32 Å². The highest BCUT2D eigenvalue weighted by Crippen LogP contribution is 2.36. The van der Waals surface area contributed by atoms with E-state index in [2.05, 4.69) is 33.2 Å². The van der Waals surface area contributed by atoms with Gasteiger partial charge in [0.05, 0.1) is 0 Å². The second-order valence-corrected chi connectivity index (χ2v) is 4.97. The molecular formula is C11H15BrN2. The Labute approximate surface area is 93.3 Å². The maximum Gasteiger partial charge on any atom is 0.125 e. The standard InChI is InChI=1S/C11H15BrN2/c1-8(9-2-3-9)6-13-11-5-4-10(12)7-14-11/h4-5,7-9H,2-3,6H2,1H3,(H,13,14). The highest BCUT2D eigenvalue weighted by Gasteiger charge is 2.27. The number of hydrogen-bond donors (Lipinski definition) is 1. The Bertz CT molecular complexity index is 293. The minimum absolute atomic E-state index is 0.778. The molecule has 1 aromatic heterocycles. The molecule has 1 unspecified atom stereocenters. The predicted octanol–water partition coefficient (Wildman–Crippen LogP) is 3.30. The third-order valence-corrected chi connectivity index (χ3v) is 3.23. The fourth-order valence-corrected chi connectivity index (χ4v) is 1.81. The number of halogens is 1. The lowest BCUT2D eigenvalue weighted by atomic mass is 10.1. The van der Waals surface area contributed by atoms with E-state index in [-0.39, 0.29) is 0 Å². The van der Waals surface area contributed by atoms with Crippen molar-refractivity contribution in [3.8, 4) is 0 Å². The number of rotatable bonds is 4. The molecule has 0 spiro atoms. The van der Waals surface area contributed by atoms with Crippen LogP contribution in [0.5, 0.6) is 0 Å². The van der Waals surface area contributed by atoms with Gasteiger partial charge in [-0.05, 0) is 52.7 Å². The van der Waals surface area contributed by atoms with Crippen LogP contribution in [0.15, 0.2) is 22.8 Å². The van der Waals surface area contributed by atoms with Gasteiger partial charge in [0.25, 0.3) is 0 Å². The van der Waals surface area contributed by atoms with E-state index in [0.717, 1.165) is 28.7 Å². The van der Waals surface area contributed by atoms with Gasteiger partial charge in [-0.1, -0.05) is 6.92 Å². The zero-order chi connectivity index (χ0) is 9.97. The Kier molecular flexibility index (Phi) is 3.06. The summed E-state index contributed by atoms with van der Waals surface area (Å²) in [6.45, 7) is 3.35. The van der Waals surface area contributed by atoms with Gasteiger partial charge in [-0.3, -0.25) is 0 Å². The van der Waals surface area contributed by atoms with Crippen LogP contribution >= 0.6 is 15.9 Å². The predicted molar refractivity (Wildman–Crippen MR) is 62.3 cm³/mol.